The zero-order chi connectivity index (χ0) is 23.9. The maximum atomic E-state index is 12.4. The molecule has 1 aromatic carbocycles. The molecule has 1 aromatic heterocycles. The van der Waals surface area contributed by atoms with E-state index in [0.717, 1.165) is 40.8 Å². The van der Waals surface area contributed by atoms with E-state index in [1.165, 1.54) is 0 Å². The van der Waals surface area contributed by atoms with Crippen molar-refractivity contribution in [3.8, 4) is 0 Å². The smallest absolute Gasteiger partial charge is 0.315 e. The number of benzene rings is 1. The number of carbonyl (C=O) groups is 3. The average molecular weight is 502 g/mol. The first kappa shape index (κ1) is 24.7. The van der Waals surface area contributed by atoms with Crippen molar-refractivity contribution in [2.45, 2.75) is 54.3 Å². The molecule has 3 atom stereocenters. The third-order valence-electron chi connectivity index (χ3n) is 6.20. The van der Waals surface area contributed by atoms with E-state index in [1.807, 2.05) is 42.3 Å². The Morgan fingerprint density at radius 1 is 1.18 bits per heavy atom. The summed E-state index contributed by atoms with van der Waals surface area (Å²) >= 11 is 3.53. The number of nitrogens with zero attached hydrogens (tertiary/aromatic N) is 1. The number of urea groups is 1. The number of fused-ring (bicyclic) bond motifs is 2. The van der Waals surface area contributed by atoms with Crippen molar-refractivity contribution in [1.82, 2.24) is 26.3 Å². The highest BCUT2D eigenvalue weighted by molar-refractivity contribution is 8.00. The Morgan fingerprint density at radius 3 is 2.88 bits per heavy atom. The maximum Gasteiger partial charge on any atom is 0.315 e. The molecule has 0 spiro atoms. The Bertz CT molecular complexity index is 1050. The minimum atomic E-state index is -0.157. The largest absolute Gasteiger partial charge is 0.356 e. The Balaban J connectivity index is 1.08. The predicted octanol–water partition coefficient (Wildman–Crippen LogP) is 2.92. The van der Waals surface area contributed by atoms with Gasteiger partial charge in [-0.2, -0.15) is 11.8 Å². The number of carbonyl (C=O) groups excluding carboxylic acids is 3. The van der Waals surface area contributed by atoms with Gasteiger partial charge in [0.1, 0.15) is 0 Å². The minimum Gasteiger partial charge on any atom is -0.356 e. The van der Waals surface area contributed by atoms with Gasteiger partial charge in [-0.3, -0.25) is 14.6 Å². The summed E-state index contributed by atoms with van der Waals surface area (Å²) in [4.78, 5) is 41.5. The van der Waals surface area contributed by atoms with E-state index in [-0.39, 0.29) is 29.9 Å². The van der Waals surface area contributed by atoms with Crippen LogP contribution in [0.5, 0.6) is 0 Å². The molecule has 8 nitrogen and oxygen atoms in total. The minimum absolute atomic E-state index is 0.0439. The zero-order valence-corrected chi connectivity index (χ0v) is 20.9. The van der Waals surface area contributed by atoms with Crippen LogP contribution in [0, 0.1) is 0 Å². The van der Waals surface area contributed by atoms with Crippen LogP contribution < -0.4 is 21.3 Å². The Labute approximate surface area is 208 Å². The van der Waals surface area contributed by atoms with E-state index >= 15 is 0 Å². The van der Waals surface area contributed by atoms with Gasteiger partial charge in [0.05, 0.1) is 23.2 Å². The molecule has 0 saturated carbocycles. The van der Waals surface area contributed by atoms with Crippen LogP contribution in [0.3, 0.4) is 0 Å². The van der Waals surface area contributed by atoms with Gasteiger partial charge in [-0.15, -0.1) is 11.8 Å². The molecule has 3 heterocycles. The Kier molecular flexibility index (Phi) is 8.55. The number of rotatable bonds is 11. The molecule has 0 bridgehead atoms. The molecule has 4 N–H and O–H groups in total. The highest BCUT2D eigenvalue weighted by atomic mass is 32.2. The van der Waals surface area contributed by atoms with Crippen molar-refractivity contribution in [1.29, 1.82) is 0 Å². The van der Waals surface area contributed by atoms with Gasteiger partial charge in [-0.25, -0.2) is 4.79 Å². The summed E-state index contributed by atoms with van der Waals surface area (Å²) in [7, 11) is 0. The maximum absolute atomic E-state index is 12.4. The van der Waals surface area contributed by atoms with E-state index in [9.17, 15) is 14.4 Å². The van der Waals surface area contributed by atoms with Crippen LogP contribution >= 0.6 is 23.5 Å². The molecule has 4 rings (SSSR count). The van der Waals surface area contributed by atoms with Gasteiger partial charge in [0.2, 0.25) is 5.91 Å². The number of aromatic nitrogens is 1. The number of unbranched alkanes of at least 4 members (excludes halogenated alkanes) is 1. The molecule has 2 aliphatic heterocycles. The fourth-order valence-corrected chi connectivity index (χ4v) is 6.53. The summed E-state index contributed by atoms with van der Waals surface area (Å²) in [5.74, 6) is 0.847. The summed E-state index contributed by atoms with van der Waals surface area (Å²) in [5.41, 5.74) is 1.44. The zero-order valence-electron chi connectivity index (χ0n) is 19.3. The molecule has 182 valence electrons. The van der Waals surface area contributed by atoms with Crippen molar-refractivity contribution in [3.05, 3.63) is 36.0 Å². The molecule has 2 aromatic rings. The Hall–Kier alpha value is -2.46. The van der Waals surface area contributed by atoms with Gasteiger partial charge < -0.3 is 21.3 Å². The summed E-state index contributed by atoms with van der Waals surface area (Å²) in [6.45, 7) is 1.02. The fourth-order valence-electron chi connectivity index (χ4n) is 4.40. The predicted molar refractivity (Wildman–Crippen MR) is 137 cm³/mol. The molecule has 10 heteroatoms. The van der Waals surface area contributed by atoms with Crippen LogP contribution in [0.2, 0.25) is 0 Å². The molecule has 4 amide bonds. The molecular formula is C24H31N5O3S2. The summed E-state index contributed by atoms with van der Waals surface area (Å²) in [6.07, 6.45) is 7.61. The lowest BCUT2D eigenvalue weighted by atomic mass is 10.0. The third kappa shape index (κ3) is 6.15. The topological polar surface area (TPSA) is 112 Å². The van der Waals surface area contributed by atoms with Gasteiger partial charge >= 0.3 is 6.03 Å². The van der Waals surface area contributed by atoms with Crippen LogP contribution in [0.25, 0.3) is 10.9 Å². The first-order valence-electron chi connectivity index (χ1n) is 11.7. The van der Waals surface area contributed by atoms with Crippen LogP contribution in [0.4, 0.5) is 4.79 Å². The first-order valence-corrected chi connectivity index (χ1v) is 14.0. The number of pyridine rings is 1. The lowest BCUT2D eigenvalue weighted by molar-refractivity contribution is -0.121. The molecule has 2 fully saturated rings. The van der Waals surface area contributed by atoms with Crippen molar-refractivity contribution in [2.24, 2.45) is 0 Å². The quantitative estimate of drug-likeness (QED) is 0.214. The highest BCUT2D eigenvalue weighted by Gasteiger charge is 2.42. The van der Waals surface area contributed by atoms with Crippen molar-refractivity contribution in [3.63, 3.8) is 0 Å². The van der Waals surface area contributed by atoms with Crippen molar-refractivity contribution in [2.75, 3.05) is 25.1 Å². The number of hydrogen-bond acceptors (Lipinski definition) is 6. The summed E-state index contributed by atoms with van der Waals surface area (Å²) in [5, 5.41) is 13.2. The molecular weight excluding hydrogens is 470 g/mol. The molecule has 34 heavy (non-hydrogen) atoms. The first-order chi connectivity index (χ1) is 16.5. The highest BCUT2D eigenvalue weighted by Crippen LogP contribution is 2.33. The second-order valence-corrected chi connectivity index (χ2v) is 10.7. The van der Waals surface area contributed by atoms with Crippen LogP contribution in [0.1, 0.15) is 42.5 Å². The second-order valence-electron chi connectivity index (χ2n) is 8.58. The van der Waals surface area contributed by atoms with E-state index in [4.69, 9.17) is 0 Å². The molecule has 2 saturated heterocycles. The Morgan fingerprint density at radius 2 is 2.03 bits per heavy atom. The van der Waals surface area contributed by atoms with Gasteiger partial charge in [0.25, 0.3) is 5.91 Å². The third-order valence-corrected chi connectivity index (χ3v) is 8.48. The summed E-state index contributed by atoms with van der Waals surface area (Å²) in [6, 6.07) is 8.22. The van der Waals surface area contributed by atoms with Crippen LogP contribution in [0.15, 0.2) is 35.4 Å². The molecule has 0 radical (unpaired) electrons. The number of hydrogen-bond donors (Lipinski definition) is 4. The number of para-hydroxylation sites is 1. The van der Waals surface area contributed by atoms with E-state index in [2.05, 4.69) is 26.3 Å². The summed E-state index contributed by atoms with van der Waals surface area (Å²) < 4.78 is 0. The lowest BCUT2D eigenvalue weighted by Gasteiger charge is -2.16. The number of thioether (sulfide) groups is 2. The average Bonchev–Trinajstić information content (AvgIpc) is 3.39. The molecule has 0 unspecified atom stereocenters. The monoisotopic (exact) mass is 501 g/mol. The van der Waals surface area contributed by atoms with E-state index in [1.54, 1.807) is 18.0 Å². The number of amides is 4. The van der Waals surface area contributed by atoms with E-state index < -0.39 is 0 Å². The normalized spacial score (nSPS) is 21.1. The molecule has 0 aliphatic carbocycles. The van der Waals surface area contributed by atoms with Crippen LogP contribution in [-0.2, 0) is 4.79 Å². The van der Waals surface area contributed by atoms with Gasteiger partial charge in [-0.05, 0) is 37.7 Å². The van der Waals surface area contributed by atoms with Gasteiger partial charge in [-0.1, -0.05) is 18.6 Å². The second kappa shape index (κ2) is 11.8. The molecule has 2 aliphatic rings. The number of nitrogens with one attached hydrogen (secondary N) is 4. The van der Waals surface area contributed by atoms with Gasteiger partial charge in [0, 0.05) is 47.0 Å². The van der Waals surface area contributed by atoms with Gasteiger partial charge in [0.15, 0.2) is 0 Å². The lowest BCUT2D eigenvalue weighted by Crippen LogP contribution is -2.36. The SMILES string of the molecule is CSc1cccc2cc(C(=O)NCCCNC(=O)CCCC[C@@H]3SC[C@@H]4NC(=O)N[C@@H]43)cnc12. The fraction of sp³-hybridized carbons (Fsp3) is 0.500. The van der Waals surface area contributed by atoms with Crippen molar-refractivity contribution < 1.29 is 14.4 Å². The van der Waals surface area contributed by atoms with Crippen molar-refractivity contribution >= 4 is 52.3 Å². The standard InChI is InChI=1S/C24H31N5O3S2/c1-33-18-8-4-6-15-12-16(13-27-21(15)18)23(31)26-11-5-10-25-20(30)9-3-2-7-19-22-17(14-34-19)28-24(32)29-22/h4,6,8,12-13,17,19,22H,2-3,5,7,9-11,14H2,1H3,(H,25,30)(H,26,31)(H2,28,29,32)/t17-,19-,22-/m0/s1. The van der Waals surface area contributed by atoms with Crippen LogP contribution in [-0.4, -0.2) is 65.3 Å². The van der Waals surface area contributed by atoms with E-state index in [0.29, 0.717) is 36.7 Å².